The van der Waals surface area contributed by atoms with Crippen molar-refractivity contribution in [2.45, 2.75) is 38.8 Å². The van der Waals surface area contributed by atoms with Crippen LogP contribution in [0.1, 0.15) is 26.3 Å². The van der Waals surface area contributed by atoms with Crippen molar-refractivity contribution in [3.8, 4) is 11.3 Å². The third-order valence-corrected chi connectivity index (χ3v) is 4.35. The maximum Gasteiger partial charge on any atom is 0.408 e. The predicted octanol–water partition coefficient (Wildman–Crippen LogP) is 4.46. The second-order valence-corrected chi connectivity index (χ2v) is 8.27. The molecule has 3 aromatic rings. The largest absolute Gasteiger partial charge is 0.444 e. The Labute approximate surface area is 184 Å². The first-order valence-corrected chi connectivity index (χ1v) is 9.99. The van der Waals surface area contributed by atoms with Gasteiger partial charge in [-0.05, 0) is 50.6 Å². The Morgan fingerprint density at radius 2 is 1.81 bits per heavy atom. The van der Waals surface area contributed by atoms with Crippen LogP contribution in [0.3, 0.4) is 0 Å². The number of halogens is 1. The fraction of sp³-hybridized carbons (Fsp3) is 0.273. The van der Waals surface area contributed by atoms with Crippen LogP contribution in [0, 0.1) is 0 Å². The van der Waals surface area contributed by atoms with E-state index in [2.05, 4.69) is 20.8 Å². The van der Waals surface area contributed by atoms with Gasteiger partial charge in [-0.1, -0.05) is 28.9 Å². The molecule has 0 saturated carbocycles. The van der Waals surface area contributed by atoms with E-state index >= 15 is 0 Å². The fourth-order valence-corrected chi connectivity index (χ4v) is 2.84. The van der Waals surface area contributed by atoms with Crippen molar-refractivity contribution in [2.75, 3.05) is 5.32 Å². The molecule has 1 aromatic carbocycles. The van der Waals surface area contributed by atoms with E-state index in [9.17, 15) is 9.59 Å². The lowest BCUT2D eigenvalue weighted by Gasteiger charge is -2.23. The third-order valence-electron chi connectivity index (χ3n) is 4.09. The number of hydrogen-bond acceptors (Lipinski definition) is 6. The van der Waals surface area contributed by atoms with Crippen LogP contribution in [0.4, 0.5) is 10.7 Å². The molecule has 0 aliphatic rings. The maximum atomic E-state index is 12.9. The molecule has 1 atom stereocenters. The van der Waals surface area contributed by atoms with Gasteiger partial charge in [0.1, 0.15) is 17.3 Å². The molecule has 0 aliphatic heterocycles. The van der Waals surface area contributed by atoms with Gasteiger partial charge < -0.3 is 14.6 Å². The van der Waals surface area contributed by atoms with Crippen molar-refractivity contribution in [2.24, 2.45) is 0 Å². The van der Waals surface area contributed by atoms with Crippen LogP contribution in [0.15, 0.2) is 59.4 Å². The molecular formula is C22H23ClN4O4. The van der Waals surface area contributed by atoms with E-state index in [1.807, 2.05) is 0 Å². The van der Waals surface area contributed by atoms with Gasteiger partial charge in [-0.2, -0.15) is 0 Å². The molecule has 0 spiro atoms. The molecule has 2 aromatic heterocycles. The zero-order valence-corrected chi connectivity index (χ0v) is 18.1. The van der Waals surface area contributed by atoms with Crippen LogP contribution in [0.5, 0.6) is 0 Å². The predicted molar refractivity (Wildman–Crippen MR) is 117 cm³/mol. The summed E-state index contributed by atoms with van der Waals surface area (Å²) in [5.74, 6) is -0.317. The lowest BCUT2D eigenvalue weighted by molar-refractivity contribution is -0.118. The summed E-state index contributed by atoms with van der Waals surface area (Å²) in [5.41, 5.74) is 1.46. The summed E-state index contributed by atoms with van der Waals surface area (Å²) in [6.45, 7) is 5.24. The highest BCUT2D eigenvalue weighted by atomic mass is 35.5. The number of pyridine rings is 1. The van der Waals surface area contributed by atoms with E-state index in [-0.39, 0.29) is 12.3 Å². The van der Waals surface area contributed by atoms with E-state index in [1.54, 1.807) is 75.6 Å². The number of nitrogens with one attached hydrogen (secondary N) is 2. The average molecular weight is 443 g/mol. The highest BCUT2D eigenvalue weighted by Gasteiger charge is 2.26. The molecule has 1 unspecified atom stereocenters. The average Bonchev–Trinajstić information content (AvgIpc) is 3.17. The Hall–Kier alpha value is -3.39. The number of carbonyl (C=O) groups is 2. The van der Waals surface area contributed by atoms with Crippen LogP contribution >= 0.6 is 11.6 Å². The number of ether oxygens (including phenoxy) is 1. The third kappa shape index (κ3) is 6.82. The number of carbonyl (C=O) groups excluding carboxylic acids is 2. The van der Waals surface area contributed by atoms with Gasteiger partial charge in [0.05, 0.1) is 0 Å². The normalized spacial score (nSPS) is 12.1. The monoisotopic (exact) mass is 442 g/mol. The first-order chi connectivity index (χ1) is 14.7. The Kier molecular flexibility index (Phi) is 6.91. The van der Waals surface area contributed by atoms with Gasteiger partial charge in [-0.25, -0.2) is 4.79 Å². The lowest BCUT2D eigenvalue weighted by Crippen LogP contribution is -2.47. The minimum absolute atomic E-state index is 0.156. The standard InChI is InChI=1S/C22H23ClN4O4/c1-22(2,3)30-21(29)25-18(12-14-4-6-16(23)7-5-14)20(28)26-19-13-17(27-31-19)15-8-10-24-11-9-15/h4-11,13,18H,12H2,1-3H3,(H,25,29)(H,26,28). The number of rotatable bonds is 6. The Bertz CT molecular complexity index is 1030. The van der Waals surface area contributed by atoms with Gasteiger partial charge >= 0.3 is 6.09 Å². The molecule has 2 N–H and O–H groups in total. The van der Waals surface area contributed by atoms with Crippen molar-refractivity contribution >= 4 is 29.5 Å². The zero-order valence-electron chi connectivity index (χ0n) is 17.4. The summed E-state index contributed by atoms with van der Waals surface area (Å²) in [6, 6.07) is 11.2. The maximum absolute atomic E-state index is 12.9. The number of anilines is 1. The smallest absolute Gasteiger partial charge is 0.408 e. The van der Waals surface area contributed by atoms with Gasteiger partial charge in [0.2, 0.25) is 11.8 Å². The summed E-state index contributed by atoms with van der Waals surface area (Å²) in [4.78, 5) is 29.2. The first-order valence-electron chi connectivity index (χ1n) is 9.61. The molecule has 0 fully saturated rings. The van der Waals surface area contributed by atoms with Crippen LogP contribution < -0.4 is 10.6 Å². The molecule has 8 nitrogen and oxygen atoms in total. The van der Waals surface area contributed by atoms with E-state index in [0.717, 1.165) is 11.1 Å². The molecular weight excluding hydrogens is 420 g/mol. The summed E-state index contributed by atoms with van der Waals surface area (Å²) in [7, 11) is 0. The van der Waals surface area contributed by atoms with E-state index in [0.29, 0.717) is 10.7 Å². The minimum atomic E-state index is -0.912. The number of nitrogens with zero attached hydrogens (tertiary/aromatic N) is 2. The molecule has 2 amide bonds. The SMILES string of the molecule is CC(C)(C)OC(=O)NC(Cc1ccc(Cl)cc1)C(=O)Nc1cc(-c2ccncc2)no1. The van der Waals surface area contributed by atoms with Gasteiger partial charge in [0, 0.05) is 35.5 Å². The zero-order chi connectivity index (χ0) is 22.4. The highest BCUT2D eigenvalue weighted by Crippen LogP contribution is 2.21. The van der Waals surface area contributed by atoms with Crippen molar-refractivity contribution in [3.63, 3.8) is 0 Å². The van der Waals surface area contributed by atoms with Gasteiger partial charge in [0.15, 0.2) is 0 Å². The van der Waals surface area contributed by atoms with Gasteiger partial charge in [0.25, 0.3) is 0 Å². The summed E-state index contributed by atoms with van der Waals surface area (Å²) >= 11 is 5.94. The molecule has 2 heterocycles. The second-order valence-electron chi connectivity index (χ2n) is 7.83. The molecule has 0 saturated heterocycles. The molecule has 3 rings (SSSR count). The van der Waals surface area contributed by atoms with E-state index in [1.165, 1.54) is 0 Å². The molecule has 0 radical (unpaired) electrons. The van der Waals surface area contributed by atoms with E-state index < -0.39 is 23.6 Å². The number of hydrogen-bond donors (Lipinski definition) is 2. The number of alkyl carbamates (subject to hydrolysis) is 1. The minimum Gasteiger partial charge on any atom is -0.444 e. The summed E-state index contributed by atoms with van der Waals surface area (Å²) < 4.78 is 10.5. The van der Waals surface area contributed by atoms with Crippen molar-refractivity contribution < 1.29 is 18.8 Å². The quantitative estimate of drug-likeness (QED) is 0.583. The number of aromatic nitrogens is 2. The molecule has 162 valence electrons. The highest BCUT2D eigenvalue weighted by molar-refractivity contribution is 6.30. The molecule has 9 heteroatoms. The number of amides is 2. The lowest BCUT2D eigenvalue weighted by atomic mass is 10.1. The van der Waals surface area contributed by atoms with Crippen LogP contribution in [-0.4, -0.2) is 33.8 Å². The first kappa shape index (κ1) is 22.3. The van der Waals surface area contributed by atoms with Crippen molar-refractivity contribution in [1.82, 2.24) is 15.5 Å². The summed E-state index contributed by atoms with van der Waals surface area (Å²) in [6.07, 6.45) is 2.80. The molecule has 0 aliphatic carbocycles. The Balaban J connectivity index is 1.74. The topological polar surface area (TPSA) is 106 Å². The molecule has 31 heavy (non-hydrogen) atoms. The van der Waals surface area contributed by atoms with Crippen molar-refractivity contribution in [3.05, 3.63) is 65.4 Å². The van der Waals surface area contributed by atoms with Crippen LogP contribution in [-0.2, 0) is 16.0 Å². The Morgan fingerprint density at radius 1 is 1.13 bits per heavy atom. The van der Waals surface area contributed by atoms with Crippen LogP contribution in [0.2, 0.25) is 5.02 Å². The van der Waals surface area contributed by atoms with Gasteiger partial charge in [-0.15, -0.1) is 0 Å². The Morgan fingerprint density at radius 3 is 2.45 bits per heavy atom. The fourth-order valence-electron chi connectivity index (χ4n) is 2.72. The second kappa shape index (κ2) is 9.61. The molecule has 0 bridgehead atoms. The van der Waals surface area contributed by atoms with Crippen LogP contribution in [0.25, 0.3) is 11.3 Å². The summed E-state index contributed by atoms with van der Waals surface area (Å²) in [5, 5.41) is 9.81. The van der Waals surface area contributed by atoms with Crippen molar-refractivity contribution in [1.29, 1.82) is 0 Å². The number of benzene rings is 1. The van der Waals surface area contributed by atoms with E-state index in [4.69, 9.17) is 20.9 Å². The van der Waals surface area contributed by atoms with Gasteiger partial charge in [-0.3, -0.25) is 15.1 Å².